The molecule has 0 radical (unpaired) electrons. The second-order valence-electron chi connectivity index (χ2n) is 4.61. The van der Waals surface area contributed by atoms with Gasteiger partial charge in [0.15, 0.2) is 0 Å². The highest BCUT2D eigenvalue weighted by atomic mass is 16.3. The van der Waals surface area contributed by atoms with Crippen molar-refractivity contribution in [2.45, 2.75) is 40.5 Å². The van der Waals surface area contributed by atoms with E-state index >= 15 is 0 Å². The van der Waals surface area contributed by atoms with Gasteiger partial charge in [-0.25, -0.2) is 0 Å². The lowest BCUT2D eigenvalue weighted by atomic mass is 9.80. The van der Waals surface area contributed by atoms with E-state index in [9.17, 15) is 0 Å². The molecule has 0 spiro atoms. The largest absolute Gasteiger partial charge is 0.469 e. The van der Waals surface area contributed by atoms with Crippen LogP contribution in [0.4, 0.5) is 0 Å². The average Bonchev–Trinajstić information content (AvgIpc) is 2.32. The smallest absolute Gasteiger partial charge is 0.107 e. The summed E-state index contributed by atoms with van der Waals surface area (Å²) in [6.45, 7) is 11.0. The van der Waals surface area contributed by atoms with Crippen LogP contribution in [0.5, 0.6) is 0 Å². The molecule has 0 N–H and O–H groups in total. The van der Waals surface area contributed by atoms with E-state index < -0.39 is 0 Å². The fourth-order valence-corrected chi connectivity index (χ4v) is 1.11. The van der Waals surface area contributed by atoms with Crippen molar-refractivity contribution in [2.75, 3.05) is 0 Å². The van der Waals surface area contributed by atoms with Gasteiger partial charge in [0.2, 0.25) is 0 Å². The lowest BCUT2D eigenvalue weighted by molar-refractivity contribution is 0.296. The minimum absolute atomic E-state index is 0.282. The van der Waals surface area contributed by atoms with Crippen molar-refractivity contribution in [2.24, 2.45) is 5.41 Å². The van der Waals surface area contributed by atoms with Gasteiger partial charge in [-0.05, 0) is 24.0 Å². The van der Waals surface area contributed by atoms with Crippen molar-refractivity contribution in [3.05, 3.63) is 23.7 Å². The summed E-state index contributed by atoms with van der Waals surface area (Å²) in [4.78, 5) is 0. The Morgan fingerprint density at radius 3 is 2.25 bits per heavy atom. The minimum atomic E-state index is 0.282. The molecule has 1 nitrogen and oxygen atoms in total. The highest BCUT2D eigenvalue weighted by molar-refractivity contribution is 5.15. The first-order valence-corrected chi connectivity index (χ1v) is 4.46. The third-order valence-electron chi connectivity index (χ3n) is 2.48. The van der Waals surface area contributed by atoms with E-state index in [0.29, 0.717) is 5.92 Å². The van der Waals surface area contributed by atoms with E-state index in [4.69, 9.17) is 4.42 Å². The summed E-state index contributed by atoms with van der Waals surface area (Å²) in [5, 5.41) is 0. The lowest BCUT2D eigenvalue weighted by Gasteiger charge is -2.25. The van der Waals surface area contributed by atoms with Crippen LogP contribution in [0.2, 0.25) is 0 Å². The standard InChI is InChI=1S/C11H18O/c1-8-6-10(12-7-8)9(2)11(3,4)5/h6-7,9H,1-5H3. The van der Waals surface area contributed by atoms with Gasteiger partial charge >= 0.3 is 0 Å². The van der Waals surface area contributed by atoms with Crippen molar-refractivity contribution in [1.82, 2.24) is 0 Å². The summed E-state index contributed by atoms with van der Waals surface area (Å²) in [7, 11) is 0. The van der Waals surface area contributed by atoms with Gasteiger partial charge in [-0.1, -0.05) is 27.7 Å². The summed E-state index contributed by atoms with van der Waals surface area (Å²) in [5.74, 6) is 1.58. The first kappa shape index (κ1) is 9.37. The van der Waals surface area contributed by atoms with Crippen molar-refractivity contribution in [3.63, 3.8) is 0 Å². The van der Waals surface area contributed by atoms with E-state index in [1.54, 1.807) is 0 Å². The van der Waals surface area contributed by atoms with E-state index in [1.165, 1.54) is 5.56 Å². The zero-order valence-corrected chi connectivity index (χ0v) is 8.64. The van der Waals surface area contributed by atoms with Crippen molar-refractivity contribution in [3.8, 4) is 0 Å². The number of furan rings is 1. The molecule has 0 aliphatic carbocycles. The Bertz CT molecular complexity index is 252. The quantitative estimate of drug-likeness (QED) is 0.619. The maximum atomic E-state index is 5.45. The topological polar surface area (TPSA) is 13.1 Å². The summed E-state index contributed by atoms with van der Waals surface area (Å²) >= 11 is 0. The molecule has 1 rings (SSSR count). The third-order valence-corrected chi connectivity index (χ3v) is 2.48. The number of hydrogen-bond donors (Lipinski definition) is 0. The van der Waals surface area contributed by atoms with Gasteiger partial charge in [-0.3, -0.25) is 0 Å². The molecule has 0 amide bonds. The van der Waals surface area contributed by atoms with Crippen LogP contribution in [0.15, 0.2) is 16.7 Å². The molecule has 1 aromatic heterocycles. The normalized spacial score (nSPS) is 14.8. The maximum absolute atomic E-state index is 5.45. The molecule has 1 atom stereocenters. The minimum Gasteiger partial charge on any atom is -0.469 e. The zero-order valence-electron chi connectivity index (χ0n) is 8.64. The van der Waals surface area contributed by atoms with Gasteiger partial charge < -0.3 is 4.42 Å². The molecule has 0 aliphatic heterocycles. The van der Waals surface area contributed by atoms with Crippen LogP contribution in [0, 0.1) is 12.3 Å². The summed E-state index contributed by atoms with van der Waals surface area (Å²) in [6.07, 6.45) is 1.82. The molecule has 0 fully saturated rings. The summed E-state index contributed by atoms with van der Waals surface area (Å²) < 4.78 is 5.45. The molecule has 1 heteroatoms. The van der Waals surface area contributed by atoms with Gasteiger partial charge in [0, 0.05) is 5.92 Å². The average molecular weight is 166 g/mol. The van der Waals surface area contributed by atoms with Crippen LogP contribution >= 0.6 is 0 Å². The predicted octanol–water partition coefficient (Wildman–Crippen LogP) is 3.74. The van der Waals surface area contributed by atoms with Crippen LogP contribution in [-0.2, 0) is 0 Å². The Kier molecular flexibility index (Phi) is 2.31. The van der Waals surface area contributed by atoms with Crippen LogP contribution in [-0.4, -0.2) is 0 Å². The molecule has 0 bridgehead atoms. The molecular formula is C11H18O. The first-order chi connectivity index (χ1) is 5.41. The lowest BCUT2D eigenvalue weighted by Crippen LogP contribution is -2.14. The van der Waals surface area contributed by atoms with Crippen LogP contribution < -0.4 is 0 Å². The Morgan fingerprint density at radius 1 is 1.33 bits per heavy atom. The van der Waals surface area contributed by atoms with Crippen molar-refractivity contribution in [1.29, 1.82) is 0 Å². The van der Waals surface area contributed by atoms with Gasteiger partial charge in [-0.2, -0.15) is 0 Å². The summed E-state index contributed by atoms with van der Waals surface area (Å²) in [6, 6.07) is 2.12. The van der Waals surface area contributed by atoms with E-state index in [2.05, 4.69) is 40.7 Å². The molecular weight excluding hydrogens is 148 g/mol. The fourth-order valence-electron chi connectivity index (χ4n) is 1.11. The third kappa shape index (κ3) is 1.90. The molecule has 0 saturated heterocycles. The second kappa shape index (κ2) is 2.96. The Morgan fingerprint density at radius 2 is 1.92 bits per heavy atom. The maximum Gasteiger partial charge on any atom is 0.107 e. The van der Waals surface area contributed by atoms with E-state index in [0.717, 1.165) is 5.76 Å². The van der Waals surface area contributed by atoms with Crippen molar-refractivity contribution >= 4 is 0 Å². The predicted molar refractivity (Wildman–Crippen MR) is 51.3 cm³/mol. The second-order valence-corrected chi connectivity index (χ2v) is 4.61. The fraction of sp³-hybridized carbons (Fsp3) is 0.636. The van der Waals surface area contributed by atoms with Crippen molar-refractivity contribution < 1.29 is 4.42 Å². The van der Waals surface area contributed by atoms with Gasteiger partial charge in [0.05, 0.1) is 6.26 Å². The number of aryl methyl sites for hydroxylation is 1. The van der Waals surface area contributed by atoms with E-state index in [1.807, 2.05) is 6.26 Å². The zero-order chi connectivity index (χ0) is 9.35. The van der Waals surface area contributed by atoms with E-state index in [-0.39, 0.29) is 5.41 Å². The van der Waals surface area contributed by atoms with Gasteiger partial charge in [0.25, 0.3) is 0 Å². The molecule has 12 heavy (non-hydrogen) atoms. The Balaban J connectivity index is 2.85. The van der Waals surface area contributed by atoms with Crippen LogP contribution in [0.3, 0.4) is 0 Å². The number of rotatable bonds is 1. The Labute approximate surface area is 74.8 Å². The summed E-state index contributed by atoms with van der Waals surface area (Å²) in [5.41, 5.74) is 1.49. The molecule has 0 aromatic carbocycles. The molecule has 0 saturated carbocycles. The highest BCUT2D eigenvalue weighted by Gasteiger charge is 2.23. The molecule has 0 aliphatic rings. The monoisotopic (exact) mass is 166 g/mol. The molecule has 1 unspecified atom stereocenters. The van der Waals surface area contributed by atoms with Crippen LogP contribution in [0.25, 0.3) is 0 Å². The molecule has 68 valence electrons. The first-order valence-electron chi connectivity index (χ1n) is 4.46. The molecule has 1 heterocycles. The Hall–Kier alpha value is -0.720. The van der Waals surface area contributed by atoms with Crippen LogP contribution in [0.1, 0.15) is 44.9 Å². The SMILES string of the molecule is Cc1coc(C(C)C(C)(C)C)c1. The van der Waals surface area contributed by atoms with Gasteiger partial charge in [0.1, 0.15) is 5.76 Å². The molecule has 1 aromatic rings. The highest BCUT2D eigenvalue weighted by Crippen LogP contribution is 2.34. The number of hydrogen-bond acceptors (Lipinski definition) is 1. The van der Waals surface area contributed by atoms with Gasteiger partial charge in [-0.15, -0.1) is 0 Å².